The van der Waals surface area contributed by atoms with Crippen molar-refractivity contribution in [2.75, 3.05) is 19.7 Å². The average molecular weight is 292 g/mol. The topological polar surface area (TPSA) is 39.1 Å². The van der Waals surface area contributed by atoms with Crippen molar-refractivity contribution in [3.63, 3.8) is 0 Å². The Bertz CT molecular complexity index is 550. The van der Waals surface area contributed by atoms with Crippen LogP contribution >= 0.6 is 11.6 Å². The zero-order chi connectivity index (χ0) is 13.8. The largest absolute Gasteiger partial charge is 0.464 e. The van der Waals surface area contributed by atoms with E-state index in [1.54, 1.807) is 6.20 Å². The Labute approximate surface area is 123 Å². The molecule has 1 N–H and O–H groups in total. The van der Waals surface area contributed by atoms with Gasteiger partial charge in [-0.1, -0.05) is 29.8 Å². The molecule has 0 saturated carbocycles. The van der Waals surface area contributed by atoms with Crippen molar-refractivity contribution in [3.8, 4) is 11.7 Å². The second kappa shape index (κ2) is 6.29. The van der Waals surface area contributed by atoms with Crippen molar-refractivity contribution in [2.24, 2.45) is 5.92 Å². The predicted octanol–water partition coefficient (Wildman–Crippen LogP) is 2.90. The number of halogens is 1. The van der Waals surface area contributed by atoms with Crippen LogP contribution in [-0.2, 0) is 0 Å². The van der Waals surface area contributed by atoms with E-state index in [0.29, 0.717) is 23.7 Å². The molecule has 0 unspecified atom stereocenters. The van der Waals surface area contributed by atoms with E-state index >= 15 is 0 Å². The standard InChI is InChI=1S/C15H18ClN3O/c16-14-10-19(13-4-2-1-3-5-13)15(18-14)20-11-12-6-8-17-9-7-12/h1-5,10,12,17H,6-9,11H2. The van der Waals surface area contributed by atoms with Gasteiger partial charge in [0.25, 0.3) is 0 Å². The van der Waals surface area contributed by atoms with Crippen LogP contribution in [0.15, 0.2) is 36.5 Å². The fourth-order valence-corrected chi connectivity index (χ4v) is 2.62. The van der Waals surface area contributed by atoms with Gasteiger partial charge in [0.05, 0.1) is 18.5 Å². The van der Waals surface area contributed by atoms with E-state index in [0.717, 1.165) is 31.6 Å². The molecule has 20 heavy (non-hydrogen) atoms. The molecule has 106 valence electrons. The number of benzene rings is 1. The highest BCUT2D eigenvalue weighted by atomic mass is 35.5. The van der Waals surface area contributed by atoms with E-state index in [2.05, 4.69) is 10.3 Å². The molecule has 0 spiro atoms. The maximum atomic E-state index is 6.02. The number of piperidine rings is 1. The summed E-state index contributed by atoms with van der Waals surface area (Å²) >= 11 is 6.02. The van der Waals surface area contributed by atoms with Gasteiger partial charge in [-0.25, -0.2) is 0 Å². The van der Waals surface area contributed by atoms with Crippen LogP contribution < -0.4 is 10.1 Å². The molecule has 0 amide bonds. The fraction of sp³-hybridized carbons (Fsp3) is 0.400. The Balaban J connectivity index is 1.73. The lowest BCUT2D eigenvalue weighted by Gasteiger charge is -2.22. The molecule has 1 aromatic carbocycles. The first-order valence-electron chi connectivity index (χ1n) is 6.97. The summed E-state index contributed by atoms with van der Waals surface area (Å²) in [4.78, 5) is 4.26. The van der Waals surface area contributed by atoms with E-state index < -0.39 is 0 Å². The number of aromatic nitrogens is 2. The summed E-state index contributed by atoms with van der Waals surface area (Å²) in [6.07, 6.45) is 4.09. The highest BCUT2D eigenvalue weighted by molar-refractivity contribution is 6.29. The summed E-state index contributed by atoms with van der Waals surface area (Å²) in [5.74, 6) is 0.593. The molecule has 0 bridgehead atoms. The third kappa shape index (κ3) is 3.14. The Morgan fingerprint density at radius 3 is 2.75 bits per heavy atom. The van der Waals surface area contributed by atoms with Crippen LogP contribution in [0.1, 0.15) is 12.8 Å². The molecule has 2 aromatic rings. The first kappa shape index (κ1) is 13.5. The molecule has 5 heteroatoms. The summed E-state index contributed by atoms with van der Waals surface area (Å²) < 4.78 is 7.78. The highest BCUT2D eigenvalue weighted by Crippen LogP contribution is 2.22. The van der Waals surface area contributed by atoms with Crippen LogP contribution in [-0.4, -0.2) is 29.2 Å². The van der Waals surface area contributed by atoms with Gasteiger partial charge in [0.15, 0.2) is 5.15 Å². The lowest BCUT2D eigenvalue weighted by atomic mass is 9.99. The number of imidazole rings is 1. The van der Waals surface area contributed by atoms with Gasteiger partial charge in [0.1, 0.15) is 0 Å². The summed E-state index contributed by atoms with van der Waals surface area (Å²) in [6.45, 7) is 2.84. The second-order valence-electron chi connectivity index (χ2n) is 5.06. The number of nitrogens with one attached hydrogen (secondary N) is 1. The molecule has 4 nitrogen and oxygen atoms in total. The van der Waals surface area contributed by atoms with Crippen molar-refractivity contribution >= 4 is 11.6 Å². The van der Waals surface area contributed by atoms with Gasteiger partial charge in [-0.05, 0) is 44.0 Å². The van der Waals surface area contributed by atoms with Crippen LogP contribution in [0.2, 0.25) is 5.15 Å². The lowest BCUT2D eigenvalue weighted by molar-refractivity contribution is 0.200. The van der Waals surface area contributed by atoms with Gasteiger partial charge in [0.2, 0.25) is 0 Å². The minimum atomic E-state index is 0.453. The molecule has 1 fully saturated rings. The normalized spacial score (nSPS) is 16.2. The molecule has 2 heterocycles. The maximum absolute atomic E-state index is 6.02. The number of hydrogen-bond acceptors (Lipinski definition) is 3. The Kier molecular flexibility index (Phi) is 4.23. The van der Waals surface area contributed by atoms with E-state index in [-0.39, 0.29) is 0 Å². The van der Waals surface area contributed by atoms with Gasteiger partial charge < -0.3 is 10.1 Å². The SMILES string of the molecule is Clc1cn(-c2ccccc2)c(OCC2CCNCC2)n1. The van der Waals surface area contributed by atoms with Crippen molar-refractivity contribution < 1.29 is 4.74 Å². The number of para-hydroxylation sites is 1. The number of rotatable bonds is 4. The van der Waals surface area contributed by atoms with Crippen LogP contribution in [0, 0.1) is 5.92 Å². The zero-order valence-electron chi connectivity index (χ0n) is 11.3. The van der Waals surface area contributed by atoms with E-state index in [1.807, 2.05) is 34.9 Å². The Morgan fingerprint density at radius 2 is 2.00 bits per heavy atom. The van der Waals surface area contributed by atoms with Gasteiger partial charge in [-0.15, -0.1) is 0 Å². The number of hydrogen-bond donors (Lipinski definition) is 1. The van der Waals surface area contributed by atoms with Crippen LogP contribution in [0.25, 0.3) is 5.69 Å². The molecule has 0 aliphatic carbocycles. The lowest BCUT2D eigenvalue weighted by Crippen LogP contribution is -2.30. The number of nitrogens with zero attached hydrogens (tertiary/aromatic N) is 2. The van der Waals surface area contributed by atoms with Crippen LogP contribution in [0.5, 0.6) is 6.01 Å². The summed E-state index contributed by atoms with van der Waals surface area (Å²) in [5.41, 5.74) is 1.01. The molecule has 1 aromatic heterocycles. The summed E-state index contributed by atoms with van der Waals surface area (Å²) in [7, 11) is 0. The summed E-state index contributed by atoms with van der Waals surface area (Å²) in [6, 6.07) is 10.5. The van der Waals surface area contributed by atoms with Crippen LogP contribution in [0.3, 0.4) is 0 Å². The molecule has 3 rings (SSSR count). The zero-order valence-corrected chi connectivity index (χ0v) is 12.0. The predicted molar refractivity (Wildman–Crippen MR) is 79.7 cm³/mol. The molecule has 0 atom stereocenters. The first-order valence-corrected chi connectivity index (χ1v) is 7.34. The molecule has 1 aliphatic rings. The van der Waals surface area contributed by atoms with Crippen LogP contribution in [0.4, 0.5) is 0 Å². The molecular formula is C15H18ClN3O. The van der Waals surface area contributed by atoms with E-state index in [9.17, 15) is 0 Å². The monoisotopic (exact) mass is 291 g/mol. The van der Waals surface area contributed by atoms with Crippen molar-refractivity contribution in [1.29, 1.82) is 0 Å². The van der Waals surface area contributed by atoms with Gasteiger partial charge >= 0.3 is 6.01 Å². The van der Waals surface area contributed by atoms with Crippen molar-refractivity contribution in [3.05, 3.63) is 41.7 Å². The minimum absolute atomic E-state index is 0.453. The maximum Gasteiger partial charge on any atom is 0.302 e. The van der Waals surface area contributed by atoms with Gasteiger partial charge in [-0.2, -0.15) is 4.98 Å². The van der Waals surface area contributed by atoms with Crippen molar-refractivity contribution in [1.82, 2.24) is 14.9 Å². The Morgan fingerprint density at radius 1 is 1.25 bits per heavy atom. The Hall–Kier alpha value is -1.52. The van der Waals surface area contributed by atoms with E-state index in [4.69, 9.17) is 16.3 Å². The second-order valence-corrected chi connectivity index (χ2v) is 5.44. The first-order chi connectivity index (χ1) is 9.83. The number of ether oxygens (including phenoxy) is 1. The minimum Gasteiger partial charge on any atom is -0.464 e. The molecule has 0 radical (unpaired) electrons. The molecule has 1 saturated heterocycles. The third-order valence-corrected chi connectivity index (χ3v) is 3.77. The summed E-state index contributed by atoms with van der Waals surface area (Å²) in [5, 5.41) is 3.81. The quantitative estimate of drug-likeness (QED) is 0.941. The smallest absolute Gasteiger partial charge is 0.302 e. The highest BCUT2D eigenvalue weighted by Gasteiger charge is 2.16. The molecular weight excluding hydrogens is 274 g/mol. The van der Waals surface area contributed by atoms with Gasteiger partial charge in [0, 0.05) is 0 Å². The van der Waals surface area contributed by atoms with E-state index in [1.165, 1.54) is 0 Å². The molecule has 1 aliphatic heterocycles. The van der Waals surface area contributed by atoms with Crippen molar-refractivity contribution in [2.45, 2.75) is 12.8 Å². The average Bonchev–Trinajstić information content (AvgIpc) is 2.88. The van der Waals surface area contributed by atoms with Gasteiger partial charge in [-0.3, -0.25) is 4.57 Å². The fourth-order valence-electron chi connectivity index (χ4n) is 2.45. The third-order valence-electron chi connectivity index (χ3n) is 3.59.